The quantitative estimate of drug-likeness (QED) is 0.160. The molecule has 1 heterocycles. The second-order valence-corrected chi connectivity index (χ2v) is 17.5. The van der Waals surface area contributed by atoms with E-state index in [1.54, 1.807) is 0 Å². The van der Waals surface area contributed by atoms with Crippen LogP contribution >= 0.6 is 0 Å². The zero-order valence-corrected chi connectivity index (χ0v) is 28.8. The maximum Gasteiger partial charge on any atom is 0.315 e. The molecule has 0 bridgehead atoms. The summed E-state index contributed by atoms with van der Waals surface area (Å²) >= 11 is 0. The maximum absolute atomic E-state index is 14.5. The van der Waals surface area contributed by atoms with Gasteiger partial charge in [-0.3, -0.25) is 4.79 Å². The lowest BCUT2D eigenvalue weighted by Crippen LogP contribution is -2.69. The Morgan fingerprint density at radius 2 is 1.60 bits per heavy atom. The molecular weight excluding hydrogens is 608 g/mol. The number of esters is 1. The fourth-order valence-corrected chi connectivity index (χ4v) is 12.4. The molecule has 0 aromatic carbocycles. The van der Waals surface area contributed by atoms with Gasteiger partial charge in [0.25, 0.3) is 0 Å². The van der Waals surface area contributed by atoms with Crippen LogP contribution in [0.1, 0.15) is 92.9 Å². The van der Waals surface area contributed by atoms with Gasteiger partial charge in [0, 0.05) is 11.3 Å². The summed E-state index contributed by atoms with van der Waals surface area (Å²) in [4.78, 5) is 14.5. The van der Waals surface area contributed by atoms with Crippen molar-refractivity contribution in [1.29, 1.82) is 0 Å². The van der Waals surface area contributed by atoms with Crippen LogP contribution in [0.3, 0.4) is 0 Å². The molecule has 11 nitrogen and oxygen atoms in total. The fraction of sp³-hybridized carbons (Fsp3) is 0.917. The monoisotopic (exact) mass is 666 g/mol. The van der Waals surface area contributed by atoms with Crippen LogP contribution in [0, 0.1) is 50.7 Å². The molecule has 0 spiro atoms. The molecule has 0 aromatic rings. The third-order valence-corrected chi connectivity index (χ3v) is 15.6. The largest absolute Gasteiger partial charge is 0.432 e. The van der Waals surface area contributed by atoms with Gasteiger partial charge in [0.1, 0.15) is 24.4 Å². The zero-order chi connectivity index (χ0) is 34.7. The highest BCUT2D eigenvalue weighted by Gasteiger charge is 2.72. The molecule has 268 valence electrons. The van der Waals surface area contributed by atoms with E-state index in [0.29, 0.717) is 38.5 Å². The minimum atomic E-state index is -1.72. The van der Waals surface area contributed by atoms with Gasteiger partial charge in [0.2, 0.25) is 6.29 Å². The number of fused-ring (bicyclic) bond motifs is 7. The molecule has 0 aromatic heterocycles. The molecule has 4 saturated carbocycles. The fourth-order valence-electron chi connectivity index (χ4n) is 12.4. The minimum Gasteiger partial charge on any atom is -0.432 e. The van der Waals surface area contributed by atoms with Gasteiger partial charge in [-0.25, -0.2) is 0 Å². The van der Waals surface area contributed by atoms with Crippen molar-refractivity contribution >= 4 is 5.97 Å². The first-order chi connectivity index (χ1) is 21.8. The smallest absolute Gasteiger partial charge is 0.315 e. The third-order valence-electron chi connectivity index (χ3n) is 15.6. The van der Waals surface area contributed by atoms with Crippen LogP contribution in [-0.4, -0.2) is 109 Å². The molecule has 1 aliphatic heterocycles. The summed E-state index contributed by atoms with van der Waals surface area (Å²) in [7, 11) is 0. The summed E-state index contributed by atoms with van der Waals surface area (Å²) in [6.45, 7) is 11.6. The summed E-state index contributed by atoms with van der Waals surface area (Å²) < 4.78 is 11.4. The summed E-state index contributed by atoms with van der Waals surface area (Å²) in [5.74, 6) is -1.23. The number of carbonyl (C=O) groups is 1. The number of aliphatic hydroxyl groups excluding tert-OH is 7. The predicted molar refractivity (Wildman–Crippen MR) is 169 cm³/mol. The average Bonchev–Trinajstić information content (AvgIpc) is 3.02. The Kier molecular flexibility index (Phi) is 8.68. The Hall–Kier alpha value is -1.15. The van der Waals surface area contributed by atoms with Crippen molar-refractivity contribution in [3.8, 4) is 0 Å². The van der Waals surface area contributed by atoms with E-state index in [4.69, 9.17) is 9.47 Å². The number of hydrogen-bond acceptors (Lipinski definition) is 11. The first-order valence-electron chi connectivity index (χ1n) is 17.7. The SMILES string of the molecule is C[C@@H]1CC[C@]2(C(=O)O[C@@H]3O[C@H](CO)[C@@H](O)[C@H](O)[C@H]3O)CC[C@]3(C)C(=CC[C@H]4[C@@]5(C)C[C@H](O)[C@@H](O)[C@@](C)(CO)[C@H]5CC[C@]43C)[C@@H]2[C@]1(C)O. The van der Waals surface area contributed by atoms with Crippen molar-refractivity contribution in [1.82, 2.24) is 0 Å². The van der Waals surface area contributed by atoms with E-state index in [1.807, 2.05) is 20.8 Å². The van der Waals surface area contributed by atoms with Crippen molar-refractivity contribution in [2.45, 2.75) is 141 Å². The van der Waals surface area contributed by atoms with Gasteiger partial charge in [0.05, 0.1) is 36.4 Å². The first kappa shape index (κ1) is 35.7. The van der Waals surface area contributed by atoms with Crippen molar-refractivity contribution in [3.63, 3.8) is 0 Å². The molecule has 11 heteroatoms. The van der Waals surface area contributed by atoms with Crippen LogP contribution in [0.2, 0.25) is 0 Å². The molecular formula is C36H58O11. The summed E-state index contributed by atoms with van der Waals surface area (Å²) in [6, 6.07) is 0. The second kappa shape index (κ2) is 11.4. The van der Waals surface area contributed by atoms with Crippen molar-refractivity contribution in [2.75, 3.05) is 13.2 Å². The normalized spacial score (nSPS) is 57.5. The lowest BCUT2D eigenvalue weighted by Gasteiger charge is -2.72. The van der Waals surface area contributed by atoms with Crippen LogP contribution in [0.25, 0.3) is 0 Å². The number of carbonyl (C=O) groups excluding carboxylic acids is 1. The van der Waals surface area contributed by atoms with Crippen LogP contribution in [-0.2, 0) is 14.3 Å². The Morgan fingerprint density at radius 1 is 0.915 bits per heavy atom. The van der Waals surface area contributed by atoms with E-state index in [1.165, 1.54) is 0 Å². The van der Waals surface area contributed by atoms with E-state index in [-0.39, 0.29) is 35.2 Å². The maximum atomic E-state index is 14.5. The van der Waals surface area contributed by atoms with Crippen molar-refractivity contribution in [2.24, 2.45) is 50.7 Å². The van der Waals surface area contributed by atoms with Gasteiger partial charge in [-0.05, 0) is 92.3 Å². The topological polar surface area (TPSA) is 197 Å². The zero-order valence-electron chi connectivity index (χ0n) is 28.8. The highest BCUT2D eigenvalue weighted by Crippen LogP contribution is 2.76. The number of hydrogen-bond donors (Lipinski definition) is 8. The number of ether oxygens (including phenoxy) is 2. The second-order valence-electron chi connectivity index (χ2n) is 17.5. The Labute approximate surface area is 278 Å². The van der Waals surface area contributed by atoms with E-state index in [9.17, 15) is 45.6 Å². The van der Waals surface area contributed by atoms with E-state index >= 15 is 0 Å². The van der Waals surface area contributed by atoms with Gasteiger partial charge in [-0.15, -0.1) is 0 Å². The molecule has 6 aliphatic rings. The van der Waals surface area contributed by atoms with Crippen LogP contribution in [0.5, 0.6) is 0 Å². The van der Waals surface area contributed by atoms with E-state index < -0.39 is 83.3 Å². The first-order valence-corrected chi connectivity index (χ1v) is 17.7. The number of aliphatic hydroxyl groups is 8. The van der Waals surface area contributed by atoms with Crippen molar-refractivity contribution < 1.29 is 55.1 Å². The van der Waals surface area contributed by atoms with Crippen LogP contribution in [0.4, 0.5) is 0 Å². The number of rotatable bonds is 4. The summed E-state index contributed by atoms with van der Waals surface area (Å²) in [5.41, 5.74) is -3.27. The lowest BCUT2D eigenvalue weighted by molar-refractivity contribution is -0.299. The van der Waals surface area contributed by atoms with Gasteiger partial charge < -0.3 is 50.3 Å². The van der Waals surface area contributed by atoms with Gasteiger partial charge >= 0.3 is 5.97 Å². The Bertz CT molecular complexity index is 1270. The van der Waals surface area contributed by atoms with Crippen LogP contribution in [0.15, 0.2) is 11.6 Å². The van der Waals surface area contributed by atoms with Crippen molar-refractivity contribution in [3.05, 3.63) is 11.6 Å². The van der Waals surface area contributed by atoms with Gasteiger partial charge in [-0.2, -0.15) is 0 Å². The Morgan fingerprint density at radius 3 is 2.23 bits per heavy atom. The molecule has 5 fully saturated rings. The lowest BCUT2D eigenvalue weighted by atomic mass is 9.33. The molecule has 47 heavy (non-hydrogen) atoms. The molecule has 6 rings (SSSR count). The van der Waals surface area contributed by atoms with Gasteiger partial charge in [0.15, 0.2) is 0 Å². The van der Waals surface area contributed by atoms with E-state index in [2.05, 4.69) is 26.8 Å². The Balaban J connectivity index is 1.40. The van der Waals surface area contributed by atoms with Crippen LogP contribution < -0.4 is 0 Å². The summed E-state index contributed by atoms with van der Waals surface area (Å²) in [6.07, 6.45) is -2.75. The molecule has 5 aliphatic carbocycles. The number of allylic oxidation sites excluding steroid dienone is 1. The molecule has 17 atom stereocenters. The highest BCUT2D eigenvalue weighted by atomic mass is 16.7. The minimum absolute atomic E-state index is 0.00373. The summed E-state index contributed by atoms with van der Waals surface area (Å²) in [5, 5.41) is 86.2. The molecule has 0 amide bonds. The average molecular weight is 667 g/mol. The highest BCUT2D eigenvalue weighted by molar-refractivity contribution is 5.79. The third kappa shape index (κ3) is 4.60. The molecule has 0 radical (unpaired) electrons. The molecule has 1 saturated heterocycles. The molecule has 8 N–H and O–H groups in total. The van der Waals surface area contributed by atoms with Gasteiger partial charge in [-0.1, -0.05) is 46.3 Å². The van der Waals surface area contributed by atoms with E-state index in [0.717, 1.165) is 18.4 Å². The standard InChI is InChI=1S/C36H58O11/c1-18-9-12-36(30(44)47-29-26(42)25(41)24(40)21(16-37)46-29)14-13-33(4)19(27(36)35(18,6)45)7-8-23-31(2)15-20(39)28(43)32(3,17-38)22(31)10-11-34(23,33)5/h7,18,20-29,37-43,45H,8-17H2,1-6H3/t18-,20+,21-,22+,23+,24-,25+,26-,27-,28-,29+,31+,32+,33-,34-,35-,36+/m1/s1. The molecule has 0 unspecified atom stereocenters. The predicted octanol–water partition coefficient (Wildman–Crippen LogP) is 1.41.